The highest BCUT2D eigenvalue weighted by atomic mass is 16.4. The Labute approximate surface area is 138 Å². The lowest BCUT2D eigenvalue weighted by Gasteiger charge is -2.15. The third-order valence-corrected chi connectivity index (χ3v) is 4.50. The molecular formula is C19H16N2O3. The van der Waals surface area contributed by atoms with Crippen molar-refractivity contribution in [1.82, 2.24) is 4.57 Å². The molecule has 1 amide bonds. The van der Waals surface area contributed by atoms with Crippen LogP contribution in [-0.2, 0) is 22.6 Å². The number of nitrogens with zero attached hydrogens (tertiary/aromatic N) is 1. The van der Waals surface area contributed by atoms with Crippen molar-refractivity contribution in [2.45, 2.75) is 19.9 Å². The molecule has 2 aromatic carbocycles. The predicted molar refractivity (Wildman–Crippen MR) is 92.1 cm³/mol. The van der Waals surface area contributed by atoms with E-state index in [1.54, 1.807) is 4.57 Å². The van der Waals surface area contributed by atoms with Gasteiger partial charge in [0.1, 0.15) is 6.54 Å². The van der Waals surface area contributed by atoms with Crippen LogP contribution in [0.15, 0.2) is 42.5 Å². The topological polar surface area (TPSA) is 71.3 Å². The number of carboxylic acid groups (broad SMARTS) is 1. The van der Waals surface area contributed by atoms with Gasteiger partial charge in [0.15, 0.2) is 0 Å². The Hall–Kier alpha value is -3.08. The van der Waals surface area contributed by atoms with Crippen molar-refractivity contribution >= 4 is 28.5 Å². The van der Waals surface area contributed by atoms with Crippen molar-refractivity contribution in [3.8, 4) is 11.3 Å². The van der Waals surface area contributed by atoms with E-state index in [0.717, 1.165) is 39.0 Å². The van der Waals surface area contributed by atoms with E-state index in [-0.39, 0.29) is 18.9 Å². The van der Waals surface area contributed by atoms with Gasteiger partial charge in [0.2, 0.25) is 5.91 Å². The molecule has 0 aliphatic carbocycles. The number of benzene rings is 2. The molecule has 0 radical (unpaired) electrons. The van der Waals surface area contributed by atoms with Gasteiger partial charge in [-0.1, -0.05) is 30.3 Å². The van der Waals surface area contributed by atoms with Gasteiger partial charge in [0.05, 0.1) is 23.3 Å². The minimum Gasteiger partial charge on any atom is -0.480 e. The first-order chi connectivity index (χ1) is 11.6. The summed E-state index contributed by atoms with van der Waals surface area (Å²) in [4.78, 5) is 23.6. The summed E-state index contributed by atoms with van der Waals surface area (Å²) in [7, 11) is 0. The summed E-state index contributed by atoms with van der Waals surface area (Å²) in [6.45, 7) is 1.85. The van der Waals surface area contributed by atoms with Crippen LogP contribution in [-0.4, -0.2) is 21.6 Å². The van der Waals surface area contributed by atoms with Gasteiger partial charge in [0.25, 0.3) is 0 Å². The number of hydrogen-bond acceptors (Lipinski definition) is 2. The van der Waals surface area contributed by atoms with Crippen molar-refractivity contribution in [1.29, 1.82) is 0 Å². The largest absolute Gasteiger partial charge is 0.480 e. The highest BCUT2D eigenvalue weighted by molar-refractivity contribution is 6.12. The summed E-state index contributed by atoms with van der Waals surface area (Å²) < 4.78 is 1.80. The maximum absolute atomic E-state index is 12.1. The van der Waals surface area contributed by atoms with Gasteiger partial charge in [-0.3, -0.25) is 9.59 Å². The van der Waals surface area contributed by atoms with Crippen LogP contribution in [0.4, 0.5) is 5.69 Å². The van der Waals surface area contributed by atoms with Crippen LogP contribution in [0, 0.1) is 6.92 Å². The molecule has 0 atom stereocenters. The van der Waals surface area contributed by atoms with Gasteiger partial charge in [-0.2, -0.15) is 0 Å². The zero-order valence-electron chi connectivity index (χ0n) is 13.2. The number of anilines is 1. The van der Waals surface area contributed by atoms with Crippen LogP contribution >= 0.6 is 0 Å². The lowest BCUT2D eigenvalue weighted by atomic mass is 9.96. The zero-order valence-corrected chi connectivity index (χ0v) is 13.2. The lowest BCUT2D eigenvalue weighted by molar-refractivity contribution is -0.137. The molecule has 5 nitrogen and oxygen atoms in total. The third-order valence-electron chi connectivity index (χ3n) is 4.50. The first kappa shape index (κ1) is 14.5. The van der Waals surface area contributed by atoms with Crippen molar-refractivity contribution in [3.63, 3.8) is 0 Å². The average molecular weight is 320 g/mol. The maximum atomic E-state index is 12.1. The Bertz CT molecular complexity index is 1000. The minimum atomic E-state index is -0.905. The molecule has 0 saturated heterocycles. The number of hydrogen-bond donors (Lipinski definition) is 2. The smallest absolute Gasteiger partial charge is 0.323 e. The van der Waals surface area contributed by atoms with Crippen molar-refractivity contribution in [2.75, 3.05) is 5.32 Å². The van der Waals surface area contributed by atoms with Gasteiger partial charge in [-0.25, -0.2) is 0 Å². The normalized spacial score (nSPS) is 13.1. The first-order valence-electron chi connectivity index (χ1n) is 7.78. The van der Waals surface area contributed by atoms with Crippen molar-refractivity contribution in [3.05, 3.63) is 53.6 Å². The van der Waals surface area contributed by atoms with Crippen LogP contribution < -0.4 is 5.32 Å². The molecule has 2 heterocycles. The minimum absolute atomic E-state index is 0.0714. The number of aliphatic carboxylic acids is 1. The fourth-order valence-electron chi connectivity index (χ4n) is 3.56. The number of amides is 1. The van der Waals surface area contributed by atoms with E-state index in [1.807, 2.05) is 49.4 Å². The van der Waals surface area contributed by atoms with E-state index in [4.69, 9.17) is 0 Å². The summed E-state index contributed by atoms with van der Waals surface area (Å²) >= 11 is 0. The Morgan fingerprint density at radius 1 is 1.21 bits per heavy atom. The number of nitrogens with one attached hydrogen (secondary N) is 1. The van der Waals surface area contributed by atoms with Crippen LogP contribution in [0.2, 0.25) is 0 Å². The van der Waals surface area contributed by atoms with Crippen LogP contribution in [0.1, 0.15) is 11.1 Å². The third kappa shape index (κ3) is 2.09. The van der Waals surface area contributed by atoms with Gasteiger partial charge < -0.3 is 15.0 Å². The monoisotopic (exact) mass is 320 g/mol. The Morgan fingerprint density at radius 2 is 2.00 bits per heavy atom. The summed E-state index contributed by atoms with van der Waals surface area (Å²) in [5.74, 6) is -0.977. The SMILES string of the molecule is Cc1ccccc1-c1c2c3c(cccc3n1CC(=O)O)NC(=O)C2. The fourth-order valence-corrected chi connectivity index (χ4v) is 3.56. The predicted octanol–water partition coefficient (Wildman–Crippen LogP) is 3.20. The van der Waals surface area contributed by atoms with Gasteiger partial charge >= 0.3 is 5.97 Å². The molecule has 1 aromatic heterocycles. The second-order valence-corrected chi connectivity index (χ2v) is 6.05. The molecule has 1 aliphatic rings. The lowest BCUT2D eigenvalue weighted by Crippen LogP contribution is -2.18. The number of rotatable bonds is 3. The van der Waals surface area contributed by atoms with E-state index in [2.05, 4.69) is 5.32 Å². The molecule has 4 rings (SSSR count). The number of carbonyl (C=O) groups excluding carboxylic acids is 1. The van der Waals surface area contributed by atoms with E-state index in [0.29, 0.717) is 0 Å². The first-order valence-corrected chi connectivity index (χ1v) is 7.78. The summed E-state index contributed by atoms with van der Waals surface area (Å²) in [6.07, 6.45) is 0.254. The molecule has 0 fully saturated rings. The van der Waals surface area contributed by atoms with E-state index in [1.165, 1.54) is 0 Å². The molecule has 0 unspecified atom stereocenters. The van der Waals surface area contributed by atoms with E-state index < -0.39 is 5.97 Å². The second kappa shape index (κ2) is 5.23. The molecule has 1 aliphatic heterocycles. The Balaban J connectivity index is 2.14. The molecule has 24 heavy (non-hydrogen) atoms. The van der Waals surface area contributed by atoms with Gasteiger partial charge in [-0.05, 0) is 30.2 Å². The molecule has 0 saturated carbocycles. The number of aromatic nitrogens is 1. The molecule has 0 spiro atoms. The molecule has 120 valence electrons. The van der Waals surface area contributed by atoms with E-state index >= 15 is 0 Å². The Kier molecular flexibility index (Phi) is 3.16. The molecular weight excluding hydrogens is 304 g/mol. The van der Waals surface area contributed by atoms with Crippen molar-refractivity contribution < 1.29 is 14.7 Å². The molecule has 3 aromatic rings. The quantitative estimate of drug-likeness (QED) is 0.778. The molecule has 2 N–H and O–H groups in total. The number of carboxylic acids is 1. The van der Waals surface area contributed by atoms with Crippen LogP contribution in [0.3, 0.4) is 0 Å². The Morgan fingerprint density at radius 3 is 2.75 bits per heavy atom. The summed E-state index contributed by atoms with van der Waals surface area (Å²) in [5.41, 5.74) is 5.33. The fraction of sp³-hybridized carbons (Fsp3) is 0.158. The van der Waals surface area contributed by atoms with E-state index in [9.17, 15) is 14.7 Å². The summed E-state index contributed by atoms with van der Waals surface area (Å²) in [6, 6.07) is 13.5. The average Bonchev–Trinajstić information content (AvgIpc) is 2.82. The second-order valence-electron chi connectivity index (χ2n) is 6.05. The molecule has 5 heteroatoms. The number of carbonyl (C=O) groups is 2. The highest BCUT2D eigenvalue weighted by Crippen LogP contribution is 2.41. The van der Waals surface area contributed by atoms with Crippen LogP contribution in [0.5, 0.6) is 0 Å². The van der Waals surface area contributed by atoms with Crippen LogP contribution in [0.25, 0.3) is 22.2 Å². The number of aryl methyl sites for hydroxylation is 1. The molecule has 0 bridgehead atoms. The van der Waals surface area contributed by atoms with Crippen molar-refractivity contribution in [2.24, 2.45) is 0 Å². The van der Waals surface area contributed by atoms with Gasteiger partial charge in [-0.15, -0.1) is 0 Å². The zero-order chi connectivity index (χ0) is 16.8. The van der Waals surface area contributed by atoms with Gasteiger partial charge in [0, 0.05) is 10.9 Å². The highest BCUT2D eigenvalue weighted by Gasteiger charge is 2.27. The standard InChI is InChI=1S/C19H16N2O3/c1-11-5-2-3-6-12(11)19-13-9-16(22)20-14-7-4-8-15(18(13)14)21(19)10-17(23)24/h2-8H,9-10H2,1H3,(H,20,22)(H,23,24). The summed E-state index contributed by atoms with van der Waals surface area (Å²) in [5, 5.41) is 13.2. The maximum Gasteiger partial charge on any atom is 0.323 e.